The highest BCUT2D eigenvalue weighted by atomic mass is 79.9. The molecule has 0 spiro atoms. The van der Waals surface area contributed by atoms with Gasteiger partial charge in [-0.1, -0.05) is 23.2 Å². The fourth-order valence-corrected chi connectivity index (χ4v) is 2.07. The van der Waals surface area contributed by atoms with Gasteiger partial charge in [-0.05, 0) is 35.0 Å². The van der Waals surface area contributed by atoms with Crippen molar-refractivity contribution in [3.05, 3.63) is 32.2 Å². The average Bonchev–Trinajstić information content (AvgIpc) is 2.24. The minimum absolute atomic E-state index is 0.0209. The van der Waals surface area contributed by atoms with Gasteiger partial charge >= 0.3 is 5.97 Å². The molecule has 1 aromatic rings. The topological polar surface area (TPSA) is 43.4 Å². The van der Waals surface area contributed by atoms with Gasteiger partial charge in [-0.25, -0.2) is 4.79 Å². The Balaban J connectivity index is 3.18. The summed E-state index contributed by atoms with van der Waals surface area (Å²) in [6.45, 7) is 1.74. The molecular weight excluding hydrogens is 319 g/mol. The van der Waals surface area contributed by atoms with Crippen LogP contribution in [0.3, 0.4) is 0 Å². The number of benzene rings is 1. The molecule has 0 unspecified atom stereocenters. The van der Waals surface area contributed by atoms with E-state index in [0.717, 1.165) is 0 Å². The van der Waals surface area contributed by atoms with Gasteiger partial charge in [0, 0.05) is 4.47 Å². The van der Waals surface area contributed by atoms with E-state index in [-0.39, 0.29) is 22.2 Å². The lowest BCUT2D eigenvalue weighted by Crippen LogP contribution is -2.18. The van der Waals surface area contributed by atoms with E-state index in [2.05, 4.69) is 20.7 Å². The van der Waals surface area contributed by atoms with Gasteiger partial charge in [-0.3, -0.25) is 4.79 Å². The molecule has 86 valence electrons. The van der Waals surface area contributed by atoms with Gasteiger partial charge in [0.05, 0.1) is 22.2 Å². The lowest BCUT2D eigenvalue weighted by atomic mass is 10.1. The summed E-state index contributed by atoms with van der Waals surface area (Å²) in [6.07, 6.45) is 0. The number of carbonyl (C=O) groups excluding carboxylic acids is 2. The Bertz CT molecular complexity index is 446. The molecule has 3 nitrogen and oxygen atoms in total. The number of hydrogen-bond acceptors (Lipinski definition) is 3. The minimum Gasteiger partial charge on any atom is -0.460 e. The second-order valence-electron chi connectivity index (χ2n) is 2.77. The van der Waals surface area contributed by atoms with Gasteiger partial charge in [0.25, 0.3) is 5.78 Å². The van der Waals surface area contributed by atoms with Crippen LogP contribution in [0.25, 0.3) is 0 Å². The van der Waals surface area contributed by atoms with Gasteiger partial charge in [0.1, 0.15) is 0 Å². The first kappa shape index (κ1) is 13.5. The van der Waals surface area contributed by atoms with Crippen molar-refractivity contribution in [2.24, 2.45) is 0 Å². The van der Waals surface area contributed by atoms with Crippen LogP contribution < -0.4 is 0 Å². The molecule has 0 amide bonds. The van der Waals surface area contributed by atoms with E-state index in [4.69, 9.17) is 23.2 Å². The maximum absolute atomic E-state index is 11.7. The van der Waals surface area contributed by atoms with Crippen LogP contribution >= 0.6 is 39.1 Å². The molecule has 6 heteroatoms. The van der Waals surface area contributed by atoms with Gasteiger partial charge < -0.3 is 4.74 Å². The summed E-state index contributed by atoms with van der Waals surface area (Å²) in [5, 5.41) is 0.242. The van der Waals surface area contributed by atoms with Gasteiger partial charge in [-0.15, -0.1) is 0 Å². The number of ketones is 1. The van der Waals surface area contributed by atoms with Crippen LogP contribution in [0.2, 0.25) is 10.0 Å². The normalized spacial score (nSPS) is 10.0. The van der Waals surface area contributed by atoms with Crippen molar-refractivity contribution in [1.82, 2.24) is 0 Å². The molecule has 1 aromatic carbocycles. The fourth-order valence-electron chi connectivity index (χ4n) is 1.03. The highest BCUT2D eigenvalue weighted by Crippen LogP contribution is 2.32. The van der Waals surface area contributed by atoms with Crippen LogP contribution in [0.15, 0.2) is 16.6 Å². The third-order valence-corrected chi connectivity index (χ3v) is 3.20. The molecule has 0 aromatic heterocycles. The van der Waals surface area contributed by atoms with Crippen LogP contribution in [0.1, 0.15) is 17.3 Å². The third-order valence-electron chi connectivity index (χ3n) is 1.73. The van der Waals surface area contributed by atoms with Crippen LogP contribution in [-0.4, -0.2) is 18.4 Å². The molecule has 0 atom stereocenters. The van der Waals surface area contributed by atoms with E-state index < -0.39 is 11.8 Å². The van der Waals surface area contributed by atoms with Gasteiger partial charge in [0.2, 0.25) is 0 Å². The zero-order valence-corrected chi connectivity index (χ0v) is 11.3. The number of hydrogen-bond donors (Lipinski definition) is 0. The summed E-state index contributed by atoms with van der Waals surface area (Å²) in [5.41, 5.74) is 0.0209. The SMILES string of the molecule is CCOC(=O)C(=O)c1c(Br)ccc(Cl)c1Cl. The molecule has 0 heterocycles. The zero-order chi connectivity index (χ0) is 12.3. The quantitative estimate of drug-likeness (QED) is 0.370. The molecule has 1 rings (SSSR count). The average molecular weight is 326 g/mol. The largest absolute Gasteiger partial charge is 0.460 e. The summed E-state index contributed by atoms with van der Waals surface area (Å²) >= 11 is 14.7. The molecule has 0 saturated carbocycles. The number of halogens is 3. The van der Waals surface area contributed by atoms with Crippen molar-refractivity contribution in [2.75, 3.05) is 6.61 Å². The fraction of sp³-hybridized carbons (Fsp3) is 0.200. The van der Waals surface area contributed by atoms with E-state index >= 15 is 0 Å². The van der Waals surface area contributed by atoms with E-state index in [1.807, 2.05) is 0 Å². The van der Waals surface area contributed by atoms with Crippen molar-refractivity contribution in [3.63, 3.8) is 0 Å². The molecule has 0 aliphatic heterocycles. The van der Waals surface area contributed by atoms with Crippen molar-refractivity contribution in [1.29, 1.82) is 0 Å². The first-order valence-corrected chi connectivity index (χ1v) is 5.88. The van der Waals surface area contributed by atoms with Crippen LogP contribution in [0.4, 0.5) is 0 Å². The first-order valence-electron chi connectivity index (χ1n) is 4.34. The summed E-state index contributed by atoms with van der Waals surface area (Å²) in [4.78, 5) is 22.9. The highest BCUT2D eigenvalue weighted by Gasteiger charge is 2.24. The second kappa shape index (κ2) is 5.66. The Kier molecular flexibility index (Phi) is 4.77. The van der Waals surface area contributed by atoms with E-state index in [9.17, 15) is 9.59 Å². The lowest BCUT2D eigenvalue weighted by molar-refractivity contribution is -0.137. The van der Waals surface area contributed by atoms with Crippen molar-refractivity contribution < 1.29 is 14.3 Å². The van der Waals surface area contributed by atoms with Crippen LogP contribution in [0.5, 0.6) is 0 Å². The highest BCUT2D eigenvalue weighted by molar-refractivity contribution is 9.10. The smallest absolute Gasteiger partial charge is 0.379 e. The summed E-state index contributed by atoms with van der Waals surface area (Å²) in [7, 11) is 0. The molecule has 0 aliphatic rings. The second-order valence-corrected chi connectivity index (χ2v) is 4.41. The lowest BCUT2D eigenvalue weighted by Gasteiger charge is -2.06. The summed E-state index contributed by atoms with van der Waals surface area (Å²) in [5.74, 6) is -1.77. The Morgan fingerprint density at radius 1 is 1.38 bits per heavy atom. The van der Waals surface area contributed by atoms with Crippen molar-refractivity contribution in [3.8, 4) is 0 Å². The molecule has 0 saturated heterocycles. The zero-order valence-electron chi connectivity index (χ0n) is 8.22. The molecule has 0 bridgehead atoms. The number of Topliss-reactive ketones (excluding diaryl/α,β-unsaturated/α-hetero) is 1. The van der Waals surface area contributed by atoms with E-state index in [0.29, 0.717) is 4.47 Å². The summed E-state index contributed by atoms with van der Waals surface area (Å²) in [6, 6.07) is 3.07. The third kappa shape index (κ3) is 2.75. The maximum atomic E-state index is 11.7. The number of ether oxygens (including phenoxy) is 1. The van der Waals surface area contributed by atoms with E-state index in [1.165, 1.54) is 6.07 Å². The number of rotatable bonds is 3. The Morgan fingerprint density at radius 3 is 2.56 bits per heavy atom. The maximum Gasteiger partial charge on any atom is 0.379 e. The van der Waals surface area contributed by atoms with Crippen LogP contribution in [0, 0.1) is 0 Å². The molecule has 0 fully saturated rings. The van der Waals surface area contributed by atoms with Crippen LogP contribution in [-0.2, 0) is 9.53 Å². The minimum atomic E-state index is -0.952. The molecule has 0 radical (unpaired) electrons. The number of esters is 1. The van der Waals surface area contributed by atoms with Gasteiger partial charge in [-0.2, -0.15) is 0 Å². The van der Waals surface area contributed by atoms with Gasteiger partial charge in [0.15, 0.2) is 0 Å². The molecular formula is C10H7BrCl2O3. The molecule has 16 heavy (non-hydrogen) atoms. The predicted octanol–water partition coefficient (Wildman–Crippen LogP) is 3.50. The van der Waals surface area contributed by atoms with Crippen molar-refractivity contribution >= 4 is 50.9 Å². The first-order chi connectivity index (χ1) is 7.49. The monoisotopic (exact) mass is 324 g/mol. The van der Waals surface area contributed by atoms with Crippen molar-refractivity contribution in [2.45, 2.75) is 6.92 Å². The molecule has 0 N–H and O–H groups in total. The Labute approximate surface area is 111 Å². The van der Waals surface area contributed by atoms with E-state index in [1.54, 1.807) is 13.0 Å². The molecule has 0 aliphatic carbocycles. The number of carbonyl (C=O) groups is 2. The standard InChI is InChI=1S/C10H7BrCl2O3/c1-2-16-10(15)9(14)7-5(11)3-4-6(12)8(7)13/h3-4H,2H2,1H3. The predicted molar refractivity (Wildman–Crippen MR) is 65.1 cm³/mol. The summed E-state index contributed by atoms with van der Waals surface area (Å²) < 4.78 is 5.00. The Hall–Kier alpha value is -0.580. The Morgan fingerprint density at radius 2 is 2.00 bits per heavy atom.